The Morgan fingerprint density at radius 1 is 0.800 bits per heavy atom. The van der Waals surface area contributed by atoms with Crippen LogP contribution in [0.2, 0.25) is 0 Å². The molecule has 6 atom stereocenters. The number of carbonyl (C=O) groups excluding carboxylic acids is 4. The average Bonchev–Trinajstić information content (AvgIpc) is 3.92. The van der Waals surface area contributed by atoms with Gasteiger partial charge in [-0.1, -0.05) is 13.8 Å². The number of rotatable bonds is 15. The second-order valence-corrected chi connectivity index (χ2v) is 15.9. The Kier molecular flexibility index (Phi) is 12.9. The number of amides is 4. The molecular formula is C41H51F6N9O4. The number of alkyl halides is 4. The lowest BCUT2D eigenvalue weighted by atomic mass is 9.99. The van der Waals surface area contributed by atoms with E-state index in [-0.39, 0.29) is 48.4 Å². The molecule has 6 unspecified atom stereocenters. The van der Waals surface area contributed by atoms with E-state index in [9.17, 15) is 28.0 Å². The Balaban J connectivity index is 1.43. The molecule has 19 heteroatoms. The first-order valence-corrected chi connectivity index (χ1v) is 20.1. The van der Waals surface area contributed by atoms with Gasteiger partial charge in [0.05, 0.1) is 47.9 Å². The maximum atomic E-state index is 15.4. The summed E-state index contributed by atoms with van der Waals surface area (Å²) in [5.41, 5.74) is 1.19. The second-order valence-electron chi connectivity index (χ2n) is 15.9. The Morgan fingerprint density at radius 3 is 1.87 bits per heavy atom. The van der Waals surface area contributed by atoms with Crippen LogP contribution in [0.3, 0.4) is 0 Å². The summed E-state index contributed by atoms with van der Waals surface area (Å²) in [6.07, 6.45) is -1.46. The van der Waals surface area contributed by atoms with Crippen molar-refractivity contribution in [1.29, 1.82) is 0 Å². The molecule has 2 aliphatic rings. The summed E-state index contributed by atoms with van der Waals surface area (Å²) in [6.45, 7) is 4.34. The topological polar surface area (TPSA) is 156 Å². The van der Waals surface area contributed by atoms with Crippen molar-refractivity contribution in [3.8, 4) is 11.5 Å². The van der Waals surface area contributed by atoms with E-state index in [1.165, 1.54) is 28.8 Å². The van der Waals surface area contributed by atoms with E-state index in [1.807, 2.05) is 0 Å². The molecule has 0 spiro atoms. The largest absolute Gasteiger partial charge is 0.352 e. The number of hydrogen-bond donors (Lipinski definition) is 5. The maximum absolute atomic E-state index is 15.4. The molecule has 60 heavy (non-hydrogen) atoms. The minimum atomic E-state index is -3.31. The van der Waals surface area contributed by atoms with Gasteiger partial charge in [-0.2, -0.15) is 0 Å². The van der Waals surface area contributed by atoms with Crippen LogP contribution in [0.4, 0.5) is 26.3 Å². The molecule has 4 aromatic rings. The Labute approximate surface area is 343 Å². The van der Waals surface area contributed by atoms with Crippen LogP contribution in [0.5, 0.6) is 0 Å². The van der Waals surface area contributed by atoms with Crippen molar-refractivity contribution in [2.24, 2.45) is 0 Å². The van der Waals surface area contributed by atoms with Gasteiger partial charge in [-0.25, -0.2) is 31.3 Å². The van der Waals surface area contributed by atoms with Crippen molar-refractivity contribution in [3.05, 3.63) is 53.6 Å². The molecule has 4 amide bonds. The molecule has 4 heterocycles. The SMILES string of the molecule is CCC(NC(=O)C(C)NC)C(=O)N1CC(F)(F)CC1Cc1c(-c2nc3cc(F)ccc3n2CC2CC(F)(F)CN2C(=O)C(CC)NC(=O)C(C)NC)[nH]c2cc(F)ccc12. The minimum absolute atomic E-state index is 0.0652. The van der Waals surface area contributed by atoms with E-state index < -0.39 is 109 Å². The molecule has 2 fully saturated rings. The predicted molar refractivity (Wildman–Crippen MR) is 212 cm³/mol. The highest BCUT2D eigenvalue weighted by molar-refractivity contribution is 5.93. The molecule has 326 valence electrons. The summed E-state index contributed by atoms with van der Waals surface area (Å²) in [7, 11) is 3.13. The first-order chi connectivity index (χ1) is 28.3. The van der Waals surface area contributed by atoms with E-state index in [0.717, 1.165) is 21.9 Å². The van der Waals surface area contributed by atoms with E-state index in [2.05, 4.69) is 26.3 Å². The van der Waals surface area contributed by atoms with Crippen LogP contribution in [0, 0.1) is 11.6 Å². The summed E-state index contributed by atoms with van der Waals surface area (Å²) in [5.74, 6) is -10.2. The number of likely N-dealkylation sites (tertiary alicyclic amines) is 2. The molecule has 2 aliphatic heterocycles. The Hall–Kier alpha value is -5.17. The zero-order valence-electron chi connectivity index (χ0n) is 34.3. The quantitative estimate of drug-likeness (QED) is 0.111. The molecule has 0 aliphatic carbocycles. The van der Waals surface area contributed by atoms with Crippen LogP contribution >= 0.6 is 0 Å². The molecule has 0 saturated carbocycles. The number of imidazole rings is 1. The number of halogens is 6. The van der Waals surface area contributed by atoms with Crippen LogP contribution < -0.4 is 21.3 Å². The number of H-pyrrole nitrogens is 1. The highest BCUT2D eigenvalue weighted by atomic mass is 19.3. The van der Waals surface area contributed by atoms with Gasteiger partial charge in [0.2, 0.25) is 23.6 Å². The number of aromatic nitrogens is 3. The van der Waals surface area contributed by atoms with Gasteiger partial charge in [0.15, 0.2) is 5.82 Å². The number of nitrogens with one attached hydrogen (secondary N) is 5. The average molecular weight is 848 g/mol. The molecule has 13 nitrogen and oxygen atoms in total. The first kappa shape index (κ1) is 44.4. The van der Waals surface area contributed by atoms with Crippen LogP contribution in [-0.4, -0.2) is 123 Å². The third-order valence-electron chi connectivity index (χ3n) is 11.7. The summed E-state index contributed by atoms with van der Waals surface area (Å²) in [5, 5.41) is 11.2. The van der Waals surface area contributed by atoms with E-state index >= 15 is 17.6 Å². The van der Waals surface area contributed by atoms with Crippen molar-refractivity contribution in [2.45, 2.75) is 114 Å². The normalized spacial score (nSPS) is 20.7. The van der Waals surface area contributed by atoms with Crippen molar-refractivity contribution in [3.63, 3.8) is 0 Å². The molecule has 2 saturated heterocycles. The smallest absolute Gasteiger partial charge is 0.267 e. The molecule has 6 rings (SSSR count). The molecule has 0 radical (unpaired) electrons. The van der Waals surface area contributed by atoms with E-state index in [1.54, 1.807) is 41.8 Å². The lowest BCUT2D eigenvalue weighted by Crippen LogP contribution is -2.53. The first-order valence-electron chi connectivity index (χ1n) is 20.1. The van der Waals surface area contributed by atoms with Gasteiger partial charge in [-0.15, -0.1) is 0 Å². The van der Waals surface area contributed by atoms with Crippen LogP contribution in [0.1, 0.15) is 58.9 Å². The summed E-state index contributed by atoms with van der Waals surface area (Å²) in [4.78, 5) is 63.3. The number of likely N-dealkylation sites (N-methyl/N-ethyl adjacent to an activating group) is 2. The molecule has 2 aromatic carbocycles. The lowest BCUT2D eigenvalue weighted by molar-refractivity contribution is -0.138. The second kappa shape index (κ2) is 17.4. The fraction of sp³-hybridized carbons (Fsp3) is 0.537. The van der Waals surface area contributed by atoms with Crippen molar-refractivity contribution >= 4 is 45.6 Å². The standard InChI is InChI=1S/C41H51F6N9O4/c1-7-29(52-36(57)21(3)48-5)38(59)55-19-40(44,45)16-25(55)15-28-27-11-9-23(42)13-31(27)50-34(28)35-51-32-14-24(43)10-12-33(32)54(35)18-26-17-41(46,47)20-56(26)39(60)30(8-2)53-37(58)22(4)49-6/h9-14,21-22,25-26,29-30,48-50H,7-8,15-20H2,1-6H3,(H,52,57)(H,53,58). The minimum Gasteiger partial charge on any atom is -0.352 e. The van der Waals surface area contributed by atoms with Crippen LogP contribution in [0.15, 0.2) is 36.4 Å². The monoisotopic (exact) mass is 847 g/mol. The van der Waals surface area contributed by atoms with Gasteiger partial charge in [-0.3, -0.25) is 19.2 Å². The van der Waals surface area contributed by atoms with E-state index in [4.69, 9.17) is 4.98 Å². The fourth-order valence-corrected chi connectivity index (χ4v) is 8.15. The Morgan fingerprint density at radius 2 is 1.32 bits per heavy atom. The van der Waals surface area contributed by atoms with Gasteiger partial charge in [0, 0.05) is 42.4 Å². The van der Waals surface area contributed by atoms with Gasteiger partial charge < -0.3 is 40.6 Å². The molecular weight excluding hydrogens is 796 g/mol. The van der Waals surface area contributed by atoms with Crippen molar-refractivity contribution in [2.75, 3.05) is 27.2 Å². The fourth-order valence-electron chi connectivity index (χ4n) is 8.15. The maximum Gasteiger partial charge on any atom is 0.267 e. The zero-order chi connectivity index (χ0) is 43.8. The summed E-state index contributed by atoms with van der Waals surface area (Å²) in [6, 6.07) is 1.71. The zero-order valence-corrected chi connectivity index (χ0v) is 34.3. The highest BCUT2D eigenvalue weighted by Crippen LogP contribution is 2.40. The predicted octanol–water partition coefficient (Wildman–Crippen LogP) is 4.48. The van der Waals surface area contributed by atoms with Crippen molar-refractivity contribution in [1.82, 2.24) is 45.6 Å². The number of hydrogen-bond acceptors (Lipinski definition) is 7. The van der Waals surface area contributed by atoms with Gasteiger partial charge in [-0.05, 0) is 83.1 Å². The third kappa shape index (κ3) is 9.11. The number of nitrogens with zero attached hydrogens (tertiary/aromatic N) is 4. The molecule has 5 N–H and O–H groups in total. The number of aromatic amines is 1. The molecule has 0 bridgehead atoms. The Bertz CT molecular complexity index is 2110. The van der Waals surface area contributed by atoms with Crippen LogP contribution in [0.25, 0.3) is 33.5 Å². The number of benzene rings is 2. The number of carbonyl (C=O) groups is 4. The highest BCUT2D eigenvalue weighted by Gasteiger charge is 2.50. The van der Waals surface area contributed by atoms with Gasteiger partial charge in [0.25, 0.3) is 11.8 Å². The van der Waals surface area contributed by atoms with E-state index in [0.29, 0.717) is 16.5 Å². The number of fused-ring (bicyclic) bond motifs is 2. The third-order valence-corrected chi connectivity index (χ3v) is 11.7. The molecule has 2 aromatic heterocycles. The summed E-state index contributed by atoms with van der Waals surface area (Å²) < 4.78 is 92.4. The van der Waals surface area contributed by atoms with Crippen LogP contribution in [-0.2, 0) is 32.1 Å². The van der Waals surface area contributed by atoms with Crippen molar-refractivity contribution < 1.29 is 45.5 Å². The summed E-state index contributed by atoms with van der Waals surface area (Å²) >= 11 is 0. The van der Waals surface area contributed by atoms with Gasteiger partial charge >= 0.3 is 0 Å². The van der Waals surface area contributed by atoms with Gasteiger partial charge in [0.1, 0.15) is 23.7 Å². The lowest BCUT2D eigenvalue weighted by Gasteiger charge is -2.30.